The standard InChI is InChI=1S/C11H8Cl2N2OS/c1-6(16)7(5-14)11(17)15-9-4-2-3-8(12)10(9)13/h2-4,7H,1H3,(H,15,17). The minimum Gasteiger partial charge on any atom is -0.347 e. The SMILES string of the molecule is CC(=O)C(C#N)C(=S)Nc1cccc(Cl)c1Cl. The van der Waals surface area contributed by atoms with Crippen LogP contribution in [0.1, 0.15) is 6.92 Å². The minimum atomic E-state index is -0.972. The number of hydrogen-bond donors (Lipinski definition) is 1. The number of nitrogens with one attached hydrogen (secondary N) is 1. The zero-order valence-corrected chi connectivity index (χ0v) is 11.2. The Morgan fingerprint density at radius 3 is 2.71 bits per heavy atom. The van der Waals surface area contributed by atoms with Crippen molar-refractivity contribution >= 4 is 51.9 Å². The number of anilines is 1. The zero-order chi connectivity index (χ0) is 13.0. The molecule has 88 valence electrons. The summed E-state index contributed by atoms with van der Waals surface area (Å²) in [5.41, 5.74) is 0.477. The van der Waals surface area contributed by atoms with E-state index in [0.29, 0.717) is 15.7 Å². The first-order valence-electron chi connectivity index (χ1n) is 4.62. The van der Waals surface area contributed by atoms with Crippen molar-refractivity contribution in [2.24, 2.45) is 5.92 Å². The summed E-state index contributed by atoms with van der Waals surface area (Å²) in [7, 11) is 0. The fraction of sp³-hybridized carbons (Fsp3) is 0.182. The lowest BCUT2D eigenvalue weighted by atomic mass is 10.1. The van der Waals surface area contributed by atoms with Crippen molar-refractivity contribution in [3.63, 3.8) is 0 Å². The summed E-state index contributed by atoms with van der Waals surface area (Å²) in [6.45, 7) is 1.31. The molecule has 0 aliphatic heterocycles. The molecule has 0 saturated heterocycles. The average molecular weight is 287 g/mol. The number of nitrogens with zero attached hydrogens (tertiary/aromatic N) is 1. The molecule has 1 atom stereocenters. The van der Waals surface area contributed by atoms with Crippen LogP contribution in [-0.4, -0.2) is 10.8 Å². The molecule has 17 heavy (non-hydrogen) atoms. The van der Waals surface area contributed by atoms with Gasteiger partial charge in [-0.15, -0.1) is 0 Å². The van der Waals surface area contributed by atoms with Crippen molar-refractivity contribution in [2.45, 2.75) is 6.92 Å². The smallest absolute Gasteiger partial charge is 0.155 e. The summed E-state index contributed by atoms with van der Waals surface area (Å²) in [6.07, 6.45) is 0. The number of ketones is 1. The van der Waals surface area contributed by atoms with Crippen LogP contribution < -0.4 is 5.32 Å². The van der Waals surface area contributed by atoms with Gasteiger partial charge in [0.25, 0.3) is 0 Å². The molecule has 0 aliphatic carbocycles. The van der Waals surface area contributed by atoms with Crippen LogP contribution >= 0.6 is 35.4 Å². The third-order valence-corrected chi connectivity index (χ3v) is 3.16. The topological polar surface area (TPSA) is 52.9 Å². The van der Waals surface area contributed by atoms with Crippen molar-refractivity contribution in [1.29, 1.82) is 5.26 Å². The second-order valence-corrected chi connectivity index (χ2v) is 4.49. The molecule has 1 aromatic rings. The molecule has 1 aromatic carbocycles. The molecular formula is C11H8Cl2N2OS. The highest BCUT2D eigenvalue weighted by molar-refractivity contribution is 7.80. The van der Waals surface area contributed by atoms with Crippen LogP contribution in [0.5, 0.6) is 0 Å². The summed E-state index contributed by atoms with van der Waals surface area (Å²) in [5, 5.41) is 12.2. The summed E-state index contributed by atoms with van der Waals surface area (Å²) in [4.78, 5) is 11.3. The van der Waals surface area contributed by atoms with E-state index in [-0.39, 0.29) is 10.8 Å². The number of benzene rings is 1. The first-order valence-corrected chi connectivity index (χ1v) is 5.78. The van der Waals surface area contributed by atoms with E-state index in [1.807, 2.05) is 6.07 Å². The fourth-order valence-electron chi connectivity index (χ4n) is 1.14. The van der Waals surface area contributed by atoms with Gasteiger partial charge < -0.3 is 5.32 Å². The second kappa shape index (κ2) is 5.97. The molecule has 0 bridgehead atoms. The normalized spacial score (nSPS) is 11.4. The first kappa shape index (κ1) is 13.9. The van der Waals surface area contributed by atoms with Gasteiger partial charge in [0, 0.05) is 0 Å². The lowest BCUT2D eigenvalue weighted by molar-refractivity contribution is -0.117. The molecule has 0 saturated carbocycles. The van der Waals surface area contributed by atoms with Crippen LogP contribution in [0.25, 0.3) is 0 Å². The Labute approximate surface area is 114 Å². The lowest BCUT2D eigenvalue weighted by Crippen LogP contribution is -2.25. The molecule has 0 amide bonds. The maximum atomic E-state index is 11.1. The summed E-state index contributed by atoms with van der Waals surface area (Å²) >= 11 is 16.7. The lowest BCUT2D eigenvalue weighted by Gasteiger charge is -2.12. The van der Waals surface area contributed by atoms with Crippen molar-refractivity contribution < 1.29 is 4.79 Å². The van der Waals surface area contributed by atoms with E-state index in [0.717, 1.165) is 0 Å². The van der Waals surface area contributed by atoms with Crippen molar-refractivity contribution in [3.8, 4) is 6.07 Å². The van der Waals surface area contributed by atoms with Gasteiger partial charge in [-0.1, -0.05) is 41.5 Å². The number of Topliss-reactive ketones (excluding diaryl/α,β-unsaturated/α-hetero) is 1. The van der Waals surface area contributed by atoms with Gasteiger partial charge in [0.1, 0.15) is 4.99 Å². The van der Waals surface area contributed by atoms with Gasteiger partial charge in [-0.3, -0.25) is 4.79 Å². The molecule has 0 heterocycles. The number of carbonyl (C=O) groups excluding carboxylic acids is 1. The highest BCUT2D eigenvalue weighted by Gasteiger charge is 2.19. The van der Waals surface area contributed by atoms with E-state index in [1.165, 1.54) is 6.92 Å². The Balaban J connectivity index is 2.92. The Kier molecular flexibility index (Phi) is 4.88. The average Bonchev–Trinajstić information content (AvgIpc) is 2.25. The maximum absolute atomic E-state index is 11.1. The highest BCUT2D eigenvalue weighted by Crippen LogP contribution is 2.29. The first-order chi connectivity index (χ1) is 7.97. The molecule has 0 radical (unpaired) electrons. The van der Waals surface area contributed by atoms with Crippen LogP contribution in [0.2, 0.25) is 10.0 Å². The number of rotatable bonds is 3. The number of thiocarbonyl (C=S) groups is 1. The summed E-state index contributed by atoms with van der Waals surface area (Å²) in [6, 6.07) is 6.81. The molecule has 1 unspecified atom stereocenters. The number of halogens is 2. The van der Waals surface area contributed by atoms with Crippen LogP contribution in [0, 0.1) is 17.2 Å². The Morgan fingerprint density at radius 1 is 1.53 bits per heavy atom. The van der Waals surface area contributed by atoms with E-state index in [1.54, 1.807) is 18.2 Å². The monoisotopic (exact) mass is 286 g/mol. The Morgan fingerprint density at radius 2 is 2.18 bits per heavy atom. The third kappa shape index (κ3) is 3.40. The Bertz CT molecular complexity index is 511. The number of hydrogen-bond acceptors (Lipinski definition) is 3. The molecule has 0 spiro atoms. The molecule has 1 N–H and O–H groups in total. The van der Waals surface area contributed by atoms with Gasteiger partial charge in [0.15, 0.2) is 11.7 Å². The maximum Gasteiger partial charge on any atom is 0.155 e. The number of carbonyl (C=O) groups is 1. The molecule has 3 nitrogen and oxygen atoms in total. The Hall–Kier alpha value is -1.15. The largest absolute Gasteiger partial charge is 0.347 e. The third-order valence-electron chi connectivity index (χ3n) is 2.01. The molecule has 0 aliphatic rings. The van der Waals surface area contributed by atoms with Gasteiger partial charge >= 0.3 is 0 Å². The van der Waals surface area contributed by atoms with Crippen LogP contribution in [0.4, 0.5) is 5.69 Å². The zero-order valence-electron chi connectivity index (χ0n) is 8.83. The molecule has 0 aromatic heterocycles. The van der Waals surface area contributed by atoms with Crippen LogP contribution in [-0.2, 0) is 4.79 Å². The van der Waals surface area contributed by atoms with Gasteiger partial charge in [-0.25, -0.2) is 0 Å². The second-order valence-electron chi connectivity index (χ2n) is 3.26. The molecular weight excluding hydrogens is 279 g/mol. The predicted octanol–water partition coefficient (Wildman–Crippen LogP) is 3.46. The highest BCUT2D eigenvalue weighted by atomic mass is 35.5. The van der Waals surface area contributed by atoms with Crippen LogP contribution in [0.3, 0.4) is 0 Å². The van der Waals surface area contributed by atoms with Gasteiger partial charge in [0.2, 0.25) is 0 Å². The van der Waals surface area contributed by atoms with Crippen molar-refractivity contribution in [2.75, 3.05) is 5.32 Å². The van der Waals surface area contributed by atoms with E-state index in [2.05, 4.69) is 5.32 Å². The fourth-order valence-corrected chi connectivity index (χ4v) is 1.82. The van der Waals surface area contributed by atoms with Gasteiger partial charge in [0.05, 0.1) is 21.8 Å². The molecule has 1 rings (SSSR count). The van der Waals surface area contributed by atoms with Crippen molar-refractivity contribution in [1.82, 2.24) is 0 Å². The van der Waals surface area contributed by atoms with E-state index in [9.17, 15) is 4.79 Å². The van der Waals surface area contributed by atoms with E-state index < -0.39 is 5.92 Å². The predicted molar refractivity (Wildman–Crippen MR) is 72.5 cm³/mol. The van der Waals surface area contributed by atoms with Gasteiger partial charge in [-0.2, -0.15) is 5.26 Å². The summed E-state index contributed by atoms with van der Waals surface area (Å²) in [5.74, 6) is -1.29. The quantitative estimate of drug-likeness (QED) is 0.865. The van der Waals surface area contributed by atoms with E-state index >= 15 is 0 Å². The van der Waals surface area contributed by atoms with E-state index in [4.69, 9.17) is 40.7 Å². The number of nitriles is 1. The minimum absolute atomic E-state index is 0.115. The molecule has 6 heteroatoms. The summed E-state index contributed by atoms with van der Waals surface area (Å²) < 4.78 is 0. The van der Waals surface area contributed by atoms with Gasteiger partial charge in [-0.05, 0) is 19.1 Å². The van der Waals surface area contributed by atoms with Crippen LogP contribution in [0.15, 0.2) is 18.2 Å². The molecule has 0 fully saturated rings. The van der Waals surface area contributed by atoms with Crippen molar-refractivity contribution in [3.05, 3.63) is 28.2 Å².